The molecule has 1 aromatic heterocycles. The van der Waals surface area contributed by atoms with Crippen molar-refractivity contribution in [2.24, 2.45) is 0 Å². The summed E-state index contributed by atoms with van der Waals surface area (Å²) in [6, 6.07) is 12.7. The van der Waals surface area contributed by atoms with Crippen molar-refractivity contribution >= 4 is 11.8 Å². The molecule has 0 aliphatic heterocycles. The molecule has 21 heavy (non-hydrogen) atoms. The fourth-order valence-corrected chi connectivity index (χ4v) is 3.38. The van der Waals surface area contributed by atoms with Gasteiger partial charge < -0.3 is 10.1 Å². The molecule has 0 bridgehead atoms. The molecular weight excluding hydrogens is 280 g/mol. The van der Waals surface area contributed by atoms with E-state index in [0.717, 1.165) is 12.3 Å². The van der Waals surface area contributed by atoms with E-state index in [1.54, 1.807) is 7.11 Å². The van der Waals surface area contributed by atoms with Crippen LogP contribution in [0.4, 0.5) is 0 Å². The minimum atomic E-state index is 0.305. The van der Waals surface area contributed by atoms with Crippen LogP contribution in [0.5, 0.6) is 5.75 Å². The molecule has 1 aromatic carbocycles. The Balaban J connectivity index is 2.13. The highest BCUT2D eigenvalue weighted by Crippen LogP contribution is 2.32. The molecule has 0 aliphatic rings. The van der Waals surface area contributed by atoms with Crippen molar-refractivity contribution in [1.29, 1.82) is 0 Å². The van der Waals surface area contributed by atoms with Gasteiger partial charge in [-0.2, -0.15) is 0 Å². The van der Waals surface area contributed by atoms with Crippen molar-refractivity contribution in [2.75, 3.05) is 13.7 Å². The number of aromatic nitrogens is 1. The second-order valence-electron chi connectivity index (χ2n) is 4.81. The smallest absolute Gasteiger partial charge is 0.118 e. The number of ether oxygens (including phenoxy) is 1. The Labute approximate surface area is 131 Å². The van der Waals surface area contributed by atoms with E-state index in [2.05, 4.69) is 48.4 Å². The van der Waals surface area contributed by atoms with Gasteiger partial charge in [0.15, 0.2) is 0 Å². The molecule has 0 spiro atoms. The first-order valence-corrected chi connectivity index (χ1v) is 8.06. The molecule has 4 heteroatoms. The quantitative estimate of drug-likeness (QED) is 0.786. The van der Waals surface area contributed by atoms with Crippen LogP contribution >= 0.6 is 11.8 Å². The summed E-state index contributed by atoms with van der Waals surface area (Å²) in [6.45, 7) is 5.33. The SMILES string of the molecule is CCNC(c1ccc(OC)cc1)C(C)Sc1ccncc1. The van der Waals surface area contributed by atoms with Crippen LogP contribution in [0.3, 0.4) is 0 Å². The fraction of sp³-hybridized carbons (Fsp3) is 0.353. The van der Waals surface area contributed by atoms with E-state index in [-0.39, 0.29) is 0 Å². The van der Waals surface area contributed by atoms with Gasteiger partial charge in [0.1, 0.15) is 5.75 Å². The minimum absolute atomic E-state index is 0.305. The van der Waals surface area contributed by atoms with Gasteiger partial charge in [-0.05, 0) is 36.4 Å². The predicted octanol–water partition coefficient (Wildman–Crippen LogP) is 3.92. The summed E-state index contributed by atoms with van der Waals surface area (Å²) in [6.07, 6.45) is 3.68. The number of hydrogen-bond donors (Lipinski definition) is 1. The van der Waals surface area contributed by atoms with Crippen LogP contribution in [0, 0.1) is 0 Å². The second kappa shape index (κ2) is 8.05. The lowest BCUT2D eigenvalue weighted by Crippen LogP contribution is -2.28. The van der Waals surface area contributed by atoms with Gasteiger partial charge in [-0.25, -0.2) is 0 Å². The molecule has 1 heterocycles. The lowest BCUT2D eigenvalue weighted by molar-refractivity contribution is 0.414. The lowest BCUT2D eigenvalue weighted by atomic mass is 10.0. The Kier molecular flexibility index (Phi) is 6.08. The van der Waals surface area contributed by atoms with E-state index >= 15 is 0 Å². The number of thioether (sulfide) groups is 1. The molecule has 2 aromatic rings. The van der Waals surface area contributed by atoms with Crippen LogP contribution in [0.2, 0.25) is 0 Å². The van der Waals surface area contributed by atoms with Crippen LogP contribution in [-0.2, 0) is 0 Å². The Hall–Kier alpha value is -1.52. The first-order chi connectivity index (χ1) is 10.2. The van der Waals surface area contributed by atoms with Crippen LogP contribution in [0.25, 0.3) is 0 Å². The summed E-state index contributed by atoms with van der Waals surface area (Å²) < 4.78 is 5.23. The van der Waals surface area contributed by atoms with Gasteiger partial charge in [0.25, 0.3) is 0 Å². The van der Waals surface area contributed by atoms with Crippen LogP contribution in [-0.4, -0.2) is 23.9 Å². The van der Waals surface area contributed by atoms with Crippen molar-refractivity contribution in [3.63, 3.8) is 0 Å². The van der Waals surface area contributed by atoms with Gasteiger partial charge in [-0.15, -0.1) is 11.8 Å². The zero-order chi connectivity index (χ0) is 15.1. The Bertz CT molecular complexity index is 530. The van der Waals surface area contributed by atoms with E-state index in [1.807, 2.05) is 36.3 Å². The van der Waals surface area contributed by atoms with E-state index in [0.29, 0.717) is 11.3 Å². The highest BCUT2D eigenvalue weighted by atomic mass is 32.2. The summed E-state index contributed by atoms with van der Waals surface area (Å²) in [5.41, 5.74) is 1.28. The summed E-state index contributed by atoms with van der Waals surface area (Å²) in [4.78, 5) is 5.31. The van der Waals surface area contributed by atoms with E-state index in [9.17, 15) is 0 Å². The summed E-state index contributed by atoms with van der Waals surface area (Å²) >= 11 is 1.86. The Morgan fingerprint density at radius 3 is 2.38 bits per heavy atom. The van der Waals surface area contributed by atoms with Gasteiger partial charge in [0.2, 0.25) is 0 Å². The molecule has 2 atom stereocenters. The average molecular weight is 302 g/mol. The maximum atomic E-state index is 5.23. The molecule has 0 fully saturated rings. The minimum Gasteiger partial charge on any atom is -0.497 e. The van der Waals surface area contributed by atoms with Gasteiger partial charge >= 0.3 is 0 Å². The zero-order valence-corrected chi connectivity index (χ0v) is 13.6. The molecule has 2 unspecified atom stereocenters. The third-order valence-electron chi connectivity index (χ3n) is 3.34. The van der Waals surface area contributed by atoms with E-state index < -0.39 is 0 Å². The number of pyridine rings is 1. The third kappa shape index (κ3) is 4.48. The molecule has 1 N–H and O–H groups in total. The number of rotatable bonds is 7. The van der Waals surface area contributed by atoms with Crippen molar-refractivity contribution in [1.82, 2.24) is 10.3 Å². The topological polar surface area (TPSA) is 34.1 Å². The van der Waals surface area contributed by atoms with Crippen molar-refractivity contribution < 1.29 is 4.74 Å². The molecular formula is C17H22N2OS. The molecule has 112 valence electrons. The Morgan fingerprint density at radius 1 is 1.14 bits per heavy atom. The number of nitrogens with zero attached hydrogens (tertiary/aromatic N) is 1. The van der Waals surface area contributed by atoms with Gasteiger partial charge in [-0.1, -0.05) is 26.0 Å². The number of methoxy groups -OCH3 is 1. The summed E-state index contributed by atoms with van der Waals surface area (Å²) in [5, 5.41) is 4.00. The second-order valence-corrected chi connectivity index (χ2v) is 6.27. The van der Waals surface area contributed by atoms with Gasteiger partial charge in [0.05, 0.1) is 7.11 Å². The number of benzene rings is 1. The first-order valence-electron chi connectivity index (χ1n) is 7.18. The third-order valence-corrected chi connectivity index (χ3v) is 4.53. The summed E-state index contributed by atoms with van der Waals surface area (Å²) in [5.74, 6) is 0.892. The molecule has 0 saturated heterocycles. The molecule has 0 aliphatic carbocycles. The van der Waals surface area contributed by atoms with Gasteiger partial charge in [-0.3, -0.25) is 4.98 Å². The van der Waals surface area contributed by atoms with Crippen LogP contribution < -0.4 is 10.1 Å². The molecule has 0 radical (unpaired) electrons. The van der Waals surface area contributed by atoms with E-state index in [4.69, 9.17) is 4.74 Å². The standard InChI is InChI=1S/C17H22N2OS/c1-4-19-17(14-5-7-15(20-3)8-6-14)13(2)21-16-9-11-18-12-10-16/h5-13,17,19H,4H2,1-3H3. The highest BCUT2D eigenvalue weighted by Gasteiger charge is 2.19. The number of hydrogen-bond acceptors (Lipinski definition) is 4. The molecule has 0 amide bonds. The maximum absolute atomic E-state index is 5.23. The predicted molar refractivity (Wildman–Crippen MR) is 89.0 cm³/mol. The normalized spacial score (nSPS) is 13.7. The highest BCUT2D eigenvalue weighted by molar-refractivity contribution is 8.00. The van der Waals surface area contributed by atoms with Crippen molar-refractivity contribution in [2.45, 2.75) is 30.0 Å². The van der Waals surface area contributed by atoms with Gasteiger partial charge in [0, 0.05) is 28.6 Å². The molecule has 3 nitrogen and oxygen atoms in total. The Morgan fingerprint density at radius 2 is 1.81 bits per heavy atom. The van der Waals surface area contributed by atoms with Crippen molar-refractivity contribution in [3.8, 4) is 5.75 Å². The van der Waals surface area contributed by atoms with E-state index in [1.165, 1.54) is 10.5 Å². The van der Waals surface area contributed by atoms with Crippen LogP contribution in [0.15, 0.2) is 53.7 Å². The van der Waals surface area contributed by atoms with Crippen molar-refractivity contribution in [3.05, 3.63) is 54.4 Å². The number of nitrogens with one attached hydrogen (secondary N) is 1. The monoisotopic (exact) mass is 302 g/mol. The molecule has 2 rings (SSSR count). The fourth-order valence-electron chi connectivity index (χ4n) is 2.29. The zero-order valence-electron chi connectivity index (χ0n) is 12.7. The summed E-state index contributed by atoms with van der Waals surface area (Å²) in [7, 11) is 1.69. The average Bonchev–Trinajstić information content (AvgIpc) is 2.53. The van der Waals surface area contributed by atoms with Crippen LogP contribution in [0.1, 0.15) is 25.5 Å². The first kappa shape index (κ1) is 15.9. The lowest BCUT2D eigenvalue weighted by Gasteiger charge is -2.25. The molecule has 0 saturated carbocycles. The largest absolute Gasteiger partial charge is 0.497 e. The maximum Gasteiger partial charge on any atom is 0.118 e.